The fourth-order valence-electron chi connectivity index (χ4n) is 11.2. The number of benzene rings is 7. The fourth-order valence-corrected chi connectivity index (χ4v) is 11.2. The molecule has 0 amide bonds. The highest BCUT2D eigenvalue weighted by Crippen LogP contribution is 2.62. The molecular formula is C55H44. The van der Waals surface area contributed by atoms with Crippen LogP contribution < -0.4 is 0 Å². The molecule has 2 unspecified atom stereocenters. The number of fused-ring (bicyclic) bond motifs is 11. The van der Waals surface area contributed by atoms with E-state index in [0.717, 1.165) is 0 Å². The highest BCUT2D eigenvalue weighted by molar-refractivity contribution is 6.14. The molecule has 11 rings (SSSR count). The molecule has 264 valence electrons. The van der Waals surface area contributed by atoms with Crippen molar-refractivity contribution in [3.8, 4) is 33.4 Å². The van der Waals surface area contributed by atoms with Crippen molar-refractivity contribution >= 4 is 16.3 Å². The van der Waals surface area contributed by atoms with Crippen molar-refractivity contribution in [1.82, 2.24) is 0 Å². The first-order valence-electron chi connectivity index (χ1n) is 19.9. The van der Waals surface area contributed by atoms with Gasteiger partial charge in [0, 0.05) is 22.2 Å². The maximum Gasteiger partial charge on any atom is 0.0290 e. The van der Waals surface area contributed by atoms with Crippen LogP contribution in [0, 0.1) is 5.92 Å². The van der Waals surface area contributed by atoms with Crippen LogP contribution in [0.25, 0.3) is 49.7 Å². The van der Waals surface area contributed by atoms with E-state index in [4.69, 9.17) is 0 Å². The first-order chi connectivity index (χ1) is 26.7. The van der Waals surface area contributed by atoms with Gasteiger partial charge in [0.2, 0.25) is 0 Å². The Morgan fingerprint density at radius 3 is 1.69 bits per heavy atom. The molecule has 55 heavy (non-hydrogen) atoms. The quantitative estimate of drug-likeness (QED) is 0.172. The molecule has 0 heterocycles. The van der Waals surface area contributed by atoms with Crippen LogP contribution in [0.15, 0.2) is 175 Å². The zero-order chi connectivity index (χ0) is 37.3. The third kappa shape index (κ3) is 4.23. The number of allylic oxidation sites excluding steroid dienone is 5. The molecule has 7 aromatic rings. The van der Waals surface area contributed by atoms with Crippen LogP contribution in [0.5, 0.6) is 0 Å². The number of hydrogen-bond donors (Lipinski definition) is 0. The Hall–Kier alpha value is -5.98. The molecule has 0 radical (unpaired) electrons. The lowest BCUT2D eigenvalue weighted by molar-refractivity contribution is 0.465. The van der Waals surface area contributed by atoms with Gasteiger partial charge in [-0.3, -0.25) is 0 Å². The molecule has 0 N–H and O–H groups in total. The predicted molar refractivity (Wildman–Crippen MR) is 232 cm³/mol. The smallest absolute Gasteiger partial charge is 0.0290 e. The molecule has 2 atom stereocenters. The Balaban J connectivity index is 1.30. The third-order valence-corrected chi connectivity index (χ3v) is 13.9. The summed E-state index contributed by atoms with van der Waals surface area (Å²) in [6, 6.07) is 55.2. The van der Waals surface area contributed by atoms with Gasteiger partial charge in [0.15, 0.2) is 0 Å². The Bertz CT molecular complexity index is 2840. The number of rotatable bonds is 3. The topological polar surface area (TPSA) is 0 Å². The summed E-state index contributed by atoms with van der Waals surface area (Å²) in [6.07, 6.45) is 9.41. The van der Waals surface area contributed by atoms with Crippen molar-refractivity contribution in [1.29, 1.82) is 0 Å². The van der Waals surface area contributed by atoms with Crippen molar-refractivity contribution in [2.24, 2.45) is 5.92 Å². The van der Waals surface area contributed by atoms with Crippen molar-refractivity contribution in [3.63, 3.8) is 0 Å². The average molecular weight is 705 g/mol. The molecular weight excluding hydrogens is 661 g/mol. The van der Waals surface area contributed by atoms with Crippen LogP contribution in [0.3, 0.4) is 0 Å². The van der Waals surface area contributed by atoms with Crippen molar-refractivity contribution in [3.05, 3.63) is 220 Å². The van der Waals surface area contributed by atoms with E-state index in [0.29, 0.717) is 0 Å². The lowest BCUT2D eigenvalue weighted by Gasteiger charge is -2.46. The summed E-state index contributed by atoms with van der Waals surface area (Å²) >= 11 is 0. The second-order valence-electron chi connectivity index (χ2n) is 17.3. The van der Waals surface area contributed by atoms with Crippen LogP contribution in [0.4, 0.5) is 0 Å². The molecule has 0 aromatic heterocycles. The first kappa shape index (κ1) is 32.5. The SMILES string of the molecule is CC1(C)c2ccccc2-c2c1ccc1c(C3(C)c4ccc(-c5ccccc5)cc4C(c4ccccc4)=C4C=CC=CC43)cc3c(c21)-c1ccccc1C3(C)C. The molecule has 0 fully saturated rings. The van der Waals surface area contributed by atoms with Crippen molar-refractivity contribution in [2.45, 2.75) is 50.9 Å². The molecule has 0 heteroatoms. The zero-order valence-corrected chi connectivity index (χ0v) is 32.2. The lowest BCUT2D eigenvalue weighted by atomic mass is 9.56. The molecule has 4 aliphatic rings. The third-order valence-electron chi connectivity index (χ3n) is 13.9. The second-order valence-corrected chi connectivity index (χ2v) is 17.3. The Morgan fingerprint density at radius 1 is 0.418 bits per heavy atom. The van der Waals surface area contributed by atoms with Gasteiger partial charge >= 0.3 is 0 Å². The van der Waals surface area contributed by atoms with Crippen LogP contribution in [-0.4, -0.2) is 0 Å². The fraction of sp³-hybridized carbons (Fsp3) is 0.164. The molecule has 0 spiro atoms. The minimum atomic E-state index is -0.376. The van der Waals surface area contributed by atoms with Gasteiger partial charge in [0.25, 0.3) is 0 Å². The summed E-state index contributed by atoms with van der Waals surface area (Å²) in [5, 5.41) is 2.78. The number of hydrogen-bond acceptors (Lipinski definition) is 0. The van der Waals surface area contributed by atoms with E-state index in [-0.39, 0.29) is 22.2 Å². The maximum atomic E-state index is 2.64. The van der Waals surface area contributed by atoms with Gasteiger partial charge in [-0.05, 0) is 106 Å². The Labute approximate surface area is 325 Å². The molecule has 0 saturated heterocycles. The summed E-state index contributed by atoms with van der Waals surface area (Å²) in [6.45, 7) is 12.3. The van der Waals surface area contributed by atoms with E-state index in [2.05, 4.69) is 205 Å². The average Bonchev–Trinajstić information content (AvgIpc) is 3.60. The summed E-state index contributed by atoms with van der Waals surface area (Å²) in [5.41, 5.74) is 21.3. The highest BCUT2D eigenvalue weighted by atomic mass is 14.5. The molecule has 4 aliphatic carbocycles. The van der Waals surface area contributed by atoms with Gasteiger partial charge in [-0.1, -0.05) is 198 Å². The van der Waals surface area contributed by atoms with E-state index < -0.39 is 0 Å². The van der Waals surface area contributed by atoms with Crippen LogP contribution in [0.1, 0.15) is 79.1 Å². The molecule has 7 aromatic carbocycles. The summed E-state index contributed by atoms with van der Waals surface area (Å²) < 4.78 is 0. The molecule has 0 bridgehead atoms. The minimum absolute atomic E-state index is 0.0940. The van der Waals surface area contributed by atoms with E-state index in [1.807, 2.05) is 0 Å². The Morgan fingerprint density at radius 2 is 1.00 bits per heavy atom. The van der Waals surface area contributed by atoms with Crippen LogP contribution >= 0.6 is 0 Å². The minimum Gasteiger partial charge on any atom is -0.0758 e. The molecule has 0 nitrogen and oxygen atoms in total. The van der Waals surface area contributed by atoms with Crippen molar-refractivity contribution < 1.29 is 0 Å². The van der Waals surface area contributed by atoms with E-state index in [1.54, 1.807) is 0 Å². The zero-order valence-electron chi connectivity index (χ0n) is 32.2. The van der Waals surface area contributed by atoms with Gasteiger partial charge in [-0.15, -0.1) is 0 Å². The predicted octanol–water partition coefficient (Wildman–Crippen LogP) is 14.0. The first-order valence-corrected chi connectivity index (χ1v) is 19.9. The monoisotopic (exact) mass is 704 g/mol. The van der Waals surface area contributed by atoms with E-state index in [9.17, 15) is 0 Å². The van der Waals surface area contributed by atoms with Gasteiger partial charge < -0.3 is 0 Å². The van der Waals surface area contributed by atoms with Gasteiger partial charge in [-0.2, -0.15) is 0 Å². The molecule has 0 saturated carbocycles. The second kappa shape index (κ2) is 11.3. The largest absolute Gasteiger partial charge is 0.0758 e. The highest BCUT2D eigenvalue weighted by Gasteiger charge is 2.48. The summed E-state index contributed by atoms with van der Waals surface area (Å²) in [4.78, 5) is 0. The maximum absolute atomic E-state index is 2.64. The van der Waals surface area contributed by atoms with Gasteiger partial charge in [0.1, 0.15) is 0 Å². The van der Waals surface area contributed by atoms with E-state index in [1.165, 1.54) is 99.8 Å². The van der Waals surface area contributed by atoms with Gasteiger partial charge in [-0.25, -0.2) is 0 Å². The van der Waals surface area contributed by atoms with Crippen LogP contribution in [0.2, 0.25) is 0 Å². The Kier molecular flexibility index (Phi) is 6.65. The molecule has 0 aliphatic heterocycles. The van der Waals surface area contributed by atoms with Gasteiger partial charge in [0.05, 0.1) is 0 Å². The summed E-state index contributed by atoms with van der Waals surface area (Å²) in [5.74, 6) is 0.132. The summed E-state index contributed by atoms with van der Waals surface area (Å²) in [7, 11) is 0. The lowest BCUT2D eigenvalue weighted by Crippen LogP contribution is -2.38. The van der Waals surface area contributed by atoms with E-state index >= 15 is 0 Å². The standard InChI is InChI=1S/C55H44/c1-53(2)42-25-15-12-22-37(42)50-46(53)31-29-40-47(33-48-51(52(40)50)38-23-13-16-26-43(38)54(48,3)4)55(5)44-27-17-14-24-39(44)49(35-20-10-7-11-21-35)41-32-36(28-30-45(41)55)34-18-8-6-9-19-34/h6-33,44H,1-5H3. The van der Waals surface area contributed by atoms with Crippen LogP contribution in [-0.2, 0) is 16.2 Å². The van der Waals surface area contributed by atoms with Crippen molar-refractivity contribution in [2.75, 3.05) is 0 Å². The normalized spacial score (nSPS) is 20.4.